The molecule has 0 aliphatic rings. The lowest BCUT2D eigenvalue weighted by Gasteiger charge is -2.31. The second kappa shape index (κ2) is 6.05. The summed E-state index contributed by atoms with van der Waals surface area (Å²) >= 11 is 0. The summed E-state index contributed by atoms with van der Waals surface area (Å²) < 4.78 is 31.3. The van der Waals surface area contributed by atoms with E-state index in [1.54, 1.807) is 27.7 Å². The van der Waals surface area contributed by atoms with Crippen LogP contribution >= 0.6 is 0 Å². The van der Waals surface area contributed by atoms with Crippen molar-refractivity contribution < 1.29 is 22.1 Å². The zero-order valence-corrected chi connectivity index (χ0v) is 11.1. The van der Waals surface area contributed by atoms with E-state index < -0.39 is 16.3 Å². The van der Waals surface area contributed by atoms with Crippen molar-refractivity contribution in [3.63, 3.8) is 0 Å². The molecular formula is C9H20N2O4S. The maximum Gasteiger partial charge on any atom is 0.416 e. The van der Waals surface area contributed by atoms with Crippen LogP contribution in [0.2, 0.25) is 0 Å². The largest absolute Gasteiger partial charge is 0.600 e. The first-order valence-corrected chi connectivity index (χ1v) is 6.79. The quantitative estimate of drug-likeness (QED) is 0.374. The number of quaternary nitrogens is 1. The second-order valence-electron chi connectivity index (χ2n) is 3.24. The molecule has 0 amide bonds. The summed E-state index contributed by atoms with van der Waals surface area (Å²) in [5.41, 5.74) is 0. The van der Waals surface area contributed by atoms with Gasteiger partial charge in [0.15, 0.2) is 6.08 Å². The van der Waals surface area contributed by atoms with Gasteiger partial charge in [-0.05, 0) is 27.4 Å². The molecule has 0 bridgehead atoms. The Morgan fingerprint density at radius 3 is 1.94 bits per heavy atom. The van der Waals surface area contributed by atoms with E-state index in [0.717, 1.165) is 0 Å². The second-order valence-corrected chi connectivity index (χ2v) is 5.10. The highest BCUT2D eigenvalue weighted by Crippen LogP contribution is 2.16. The molecule has 0 aromatic heterocycles. The van der Waals surface area contributed by atoms with Crippen LogP contribution in [0.5, 0.6) is 0 Å². The highest BCUT2D eigenvalue weighted by Gasteiger charge is 2.37. The molecule has 0 atom stereocenters. The van der Waals surface area contributed by atoms with E-state index in [1.807, 2.05) is 0 Å². The van der Waals surface area contributed by atoms with Gasteiger partial charge < -0.3 is 9.84 Å². The summed E-state index contributed by atoms with van der Waals surface area (Å²) in [5.74, 6) is 0. The molecule has 6 nitrogen and oxygen atoms in total. The van der Waals surface area contributed by atoms with Crippen molar-refractivity contribution in [1.29, 1.82) is 0 Å². The van der Waals surface area contributed by atoms with Crippen molar-refractivity contribution in [2.24, 2.45) is 4.40 Å². The highest BCUT2D eigenvalue weighted by molar-refractivity contribution is 7.84. The lowest BCUT2D eigenvalue weighted by Crippen LogP contribution is -2.51. The van der Waals surface area contributed by atoms with Crippen LogP contribution in [0.15, 0.2) is 4.40 Å². The molecule has 7 heteroatoms. The van der Waals surface area contributed by atoms with Crippen LogP contribution in [-0.2, 0) is 14.9 Å². The first-order valence-electron chi connectivity index (χ1n) is 5.40. The summed E-state index contributed by atoms with van der Waals surface area (Å²) in [5, 5.41) is 11.1. The third-order valence-corrected chi connectivity index (χ3v) is 4.81. The Hall–Kier alpha value is -0.820. The smallest absolute Gasteiger partial charge is 0.416 e. The average molecular weight is 252 g/mol. The van der Waals surface area contributed by atoms with Gasteiger partial charge in [0, 0.05) is 0 Å². The molecule has 0 radical (unpaired) electrons. The van der Waals surface area contributed by atoms with Crippen molar-refractivity contribution in [2.45, 2.75) is 27.7 Å². The minimum absolute atomic E-state index is 0.113. The molecule has 0 N–H and O–H groups in total. The third-order valence-electron chi connectivity index (χ3n) is 2.68. The van der Waals surface area contributed by atoms with Crippen LogP contribution in [0.3, 0.4) is 0 Å². The van der Waals surface area contributed by atoms with Gasteiger partial charge in [0.1, 0.15) is 0 Å². The standard InChI is InChI=1S/C9H20N2O4S/c1-5-11(6-2,7-3)16(13,14)10-9(12)15-8-4/h5-8H2,1-4H3. The van der Waals surface area contributed by atoms with Gasteiger partial charge in [-0.3, -0.25) is 0 Å². The van der Waals surface area contributed by atoms with Crippen molar-refractivity contribution in [2.75, 3.05) is 26.2 Å². The molecule has 0 aromatic carbocycles. The van der Waals surface area contributed by atoms with Gasteiger partial charge in [0.25, 0.3) is 0 Å². The highest BCUT2D eigenvalue weighted by atomic mass is 32.2. The normalized spacial score (nSPS) is 13.9. The van der Waals surface area contributed by atoms with E-state index in [2.05, 4.69) is 9.13 Å². The third kappa shape index (κ3) is 3.08. The van der Waals surface area contributed by atoms with Gasteiger partial charge in [-0.1, -0.05) is 11.3 Å². The molecule has 0 saturated heterocycles. The summed E-state index contributed by atoms with van der Waals surface area (Å²) in [6.45, 7) is 8.10. The molecule has 0 aliphatic carbocycles. The van der Waals surface area contributed by atoms with Crippen LogP contribution in [0.25, 0.3) is 0 Å². The number of hydrogen-bond acceptors (Lipinski definition) is 4. The Balaban J connectivity index is 5.25. The molecule has 16 heavy (non-hydrogen) atoms. The molecule has 96 valence electrons. The molecule has 0 unspecified atom stereocenters. The molecule has 0 aliphatic heterocycles. The van der Waals surface area contributed by atoms with Crippen molar-refractivity contribution >= 4 is 16.3 Å². The zero-order chi connectivity index (χ0) is 12.8. The fourth-order valence-electron chi connectivity index (χ4n) is 1.49. The van der Waals surface area contributed by atoms with Gasteiger partial charge in [-0.15, -0.1) is 8.42 Å². The van der Waals surface area contributed by atoms with Gasteiger partial charge in [-0.25, -0.2) is 0 Å². The number of hydrogen-bond donors (Lipinski definition) is 0. The molecule has 0 rings (SSSR count). The molecular weight excluding hydrogens is 232 g/mol. The fourth-order valence-corrected chi connectivity index (χ4v) is 2.88. The van der Waals surface area contributed by atoms with Crippen LogP contribution in [0.4, 0.5) is 0 Å². The molecule has 0 fully saturated rings. The lowest BCUT2D eigenvalue weighted by molar-refractivity contribution is -0.800. The van der Waals surface area contributed by atoms with Gasteiger partial charge in [0.2, 0.25) is 0 Å². The maximum atomic E-state index is 11.9. The SMILES string of the molecule is CCO/C([O-])=N/S(=O)(=O)[N+](CC)(CC)CC. The first kappa shape index (κ1) is 15.2. The lowest BCUT2D eigenvalue weighted by atomic mass is 10.5. The van der Waals surface area contributed by atoms with Gasteiger partial charge in [-0.2, -0.15) is 3.89 Å². The minimum Gasteiger partial charge on any atom is -0.600 e. The molecule has 0 spiro atoms. The Morgan fingerprint density at radius 2 is 1.62 bits per heavy atom. The number of nitrogens with zero attached hydrogens (tertiary/aromatic N) is 2. The molecule has 0 saturated carbocycles. The molecule has 0 aromatic rings. The van der Waals surface area contributed by atoms with Crippen molar-refractivity contribution in [3.05, 3.63) is 0 Å². The predicted molar refractivity (Wildman–Crippen MR) is 59.9 cm³/mol. The van der Waals surface area contributed by atoms with Crippen LogP contribution in [-0.4, -0.2) is 44.6 Å². The summed E-state index contributed by atoms with van der Waals surface area (Å²) in [7, 11) is -3.87. The monoisotopic (exact) mass is 252 g/mol. The first-order chi connectivity index (χ1) is 7.39. The Morgan fingerprint density at radius 1 is 1.19 bits per heavy atom. The Kier molecular flexibility index (Phi) is 5.74. The van der Waals surface area contributed by atoms with Crippen molar-refractivity contribution in [3.8, 4) is 0 Å². The summed E-state index contributed by atoms with van der Waals surface area (Å²) in [6, 6.07) is 0. The van der Waals surface area contributed by atoms with E-state index in [4.69, 9.17) is 0 Å². The maximum absolute atomic E-state index is 11.9. The van der Waals surface area contributed by atoms with Crippen LogP contribution in [0, 0.1) is 0 Å². The Bertz CT molecular complexity index is 325. The topological polar surface area (TPSA) is 78.8 Å². The number of rotatable bonds is 6. The van der Waals surface area contributed by atoms with E-state index in [0.29, 0.717) is 19.6 Å². The summed E-state index contributed by atoms with van der Waals surface area (Å²) in [6.07, 6.45) is -1.04. The van der Waals surface area contributed by atoms with Crippen LogP contribution < -0.4 is 5.11 Å². The Labute approximate surface area is 97.3 Å². The van der Waals surface area contributed by atoms with E-state index in [9.17, 15) is 13.5 Å². The molecule has 0 heterocycles. The number of ether oxygens (including phenoxy) is 1. The van der Waals surface area contributed by atoms with E-state index in [1.165, 1.54) is 0 Å². The van der Waals surface area contributed by atoms with Gasteiger partial charge in [0.05, 0.1) is 19.6 Å². The summed E-state index contributed by atoms with van der Waals surface area (Å²) in [4.78, 5) is 0. The van der Waals surface area contributed by atoms with E-state index >= 15 is 0 Å². The van der Waals surface area contributed by atoms with Crippen molar-refractivity contribution in [1.82, 2.24) is 0 Å². The average Bonchev–Trinajstić information content (AvgIpc) is 2.20. The minimum atomic E-state index is -3.87. The van der Waals surface area contributed by atoms with E-state index in [-0.39, 0.29) is 10.5 Å². The predicted octanol–water partition coefficient (Wildman–Crippen LogP) is -0.139. The van der Waals surface area contributed by atoms with Crippen LogP contribution in [0.1, 0.15) is 27.7 Å². The fraction of sp³-hybridized carbons (Fsp3) is 0.889. The van der Waals surface area contributed by atoms with Gasteiger partial charge >= 0.3 is 10.2 Å². The zero-order valence-electron chi connectivity index (χ0n) is 10.3.